The fourth-order valence-corrected chi connectivity index (χ4v) is 16.3. The van der Waals surface area contributed by atoms with Crippen molar-refractivity contribution in [1.82, 2.24) is 23.7 Å². The lowest BCUT2D eigenvalue weighted by Gasteiger charge is -2.14. The molecule has 8 nitrogen and oxygen atoms in total. The van der Waals surface area contributed by atoms with Crippen LogP contribution in [0, 0.1) is 0 Å². The molecule has 0 N–H and O–H groups in total. The number of hydrogen-bond acceptors (Lipinski definition) is 5. The van der Waals surface area contributed by atoms with Crippen molar-refractivity contribution >= 4 is 131 Å². The number of furan rings is 3. The lowest BCUT2D eigenvalue weighted by Crippen LogP contribution is -1.99. The van der Waals surface area contributed by atoms with Crippen LogP contribution in [0.25, 0.3) is 216 Å². The van der Waals surface area contributed by atoms with Gasteiger partial charge in [0.2, 0.25) is 0 Å². The minimum atomic E-state index is 0.619. The first-order chi connectivity index (χ1) is 50.5. The van der Waals surface area contributed by atoms with Gasteiger partial charge in [-0.25, -0.2) is 9.97 Å². The maximum absolute atomic E-state index is 6.25. The molecule has 0 atom stereocenters. The lowest BCUT2D eigenvalue weighted by atomic mass is 10.0. The molecule has 0 saturated carbocycles. The Labute approximate surface area is 582 Å². The molecule has 0 amide bonds. The third-order valence-corrected chi connectivity index (χ3v) is 21.1. The van der Waals surface area contributed by atoms with Crippen LogP contribution in [0.4, 0.5) is 0 Å². The molecule has 0 spiro atoms. The highest BCUT2D eigenvalue weighted by atomic mass is 16.3. The van der Waals surface area contributed by atoms with Crippen LogP contribution < -0.4 is 0 Å². The molecule has 0 radical (unpaired) electrons. The largest absolute Gasteiger partial charge is 0.456 e. The first-order valence-corrected chi connectivity index (χ1v) is 34.6. The minimum Gasteiger partial charge on any atom is -0.456 e. The Morgan fingerprint density at radius 3 is 0.902 bits per heavy atom. The van der Waals surface area contributed by atoms with Crippen molar-refractivity contribution in [2.24, 2.45) is 0 Å². The van der Waals surface area contributed by atoms with E-state index in [1.165, 1.54) is 32.3 Å². The van der Waals surface area contributed by atoms with E-state index in [1.807, 2.05) is 36.4 Å². The highest BCUT2D eigenvalue weighted by molar-refractivity contribution is 6.15. The topological polar surface area (TPSA) is 80.0 Å². The number of para-hydroxylation sites is 6. The SMILES string of the molecule is c1cc(-c2cc(-c3ccc(-n4c5ccccc5c5cc(-c6ccc7oc8ccccc8c7c6)ccc54)cc3)nc(-c3cccc(-n4c5ccccc5c5cc(-c6ccc7oc8ccccc8c7c6)ccc54)c3)n2)cc(-n2c3ccccc3c3cc(-c4ccc5oc6ccccc6c5c4)ccc32)c1. The van der Waals surface area contributed by atoms with E-state index < -0.39 is 0 Å². The number of benzene rings is 15. The molecule has 22 aromatic rings. The monoisotopic (exact) mass is 1300 g/mol. The Balaban J connectivity index is 0.672. The molecule has 15 aromatic carbocycles. The summed E-state index contributed by atoms with van der Waals surface area (Å²) < 4.78 is 25.9. The van der Waals surface area contributed by atoms with Crippen molar-refractivity contribution in [1.29, 1.82) is 0 Å². The molecule has 7 heterocycles. The molecule has 8 heteroatoms. The van der Waals surface area contributed by atoms with E-state index in [4.69, 9.17) is 23.2 Å². The van der Waals surface area contributed by atoms with Crippen LogP contribution in [-0.4, -0.2) is 23.7 Å². The van der Waals surface area contributed by atoms with Gasteiger partial charge in [0.1, 0.15) is 33.5 Å². The van der Waals surface area contributed by atoms with E-state index in [-0.39, 0.29) is 0 Å². The summed E-state index contributed by atoms with van der Waals surface area (Å²) in [6.07, 6.45) is 0. The molecule has 0 fully saturated rings. The Bertz CT molecular complexity index is 6980. The van der Waals surface area contributed by atoms with Gasteiger partial charge in [-0.3, -0.25) is 0 Å². The standard InChI is InChI=1S/C94H55N5O3/c1-7-25-82-68(19-1)74-49-57(60-36-44-91-77(52-60)71-22-4-10-28-88(71)100-91)33-41-85(74)97(82)65-39-31-56(32-40-65)80-55-81(63-15-13-17-66(47-63)98-83-26-8-2-20-69(83)75-50-58(34-42-86(75)98)61-37-45-92-78(53-61)72-23-5-11-29-89(72)101-92)96-94(95-80)64-16-14-18-67(48-64)99-84-27-9-3-21-70(84)76-51-59(35-43-87(76)99)62-38-46-93-79(54-62)73-24-6-12-30-90(73)102-93/h1-55H. The maximum atomic E-state index is 6.25. The van der Waals surface area contributed by atoms with Crippen LogP contribution in [0.2, 0.25) is 0 Å². The lowest BCUT2D eigenvalue weighted by molar-refractivity contribution is 0.668. The van der Waals surface area contributed by atoms with Crippen LogP contribution in [0.15, 0.2) is 347 Å². The molecule has 0 unspecified atom stereocenters. The van der Waals surface area contributed by atoms with Gasteiger partial charge in [-0.2, -0.15) is 0 Å². The van der Waals surface area contributed by atoms with Crippen LogP contribution in [-0.2, 0) is 0 Å². The molecule has 7 aromatic heterocycles. The molecule has 0 saturated heterocycles. The molecule has 0 aliphatic carbocycles. The molecule has 22 rings (SSSR count). The number of hydrogen-bond donors (Lipinski definition) is 0. The quantitative estimate of drug-likeness (QED) is 0.144. The third-order valence-electron chi connectivity index (χ3n) is 21.1. The molecule has 0 aliphatic rings. The van der Waals surface area contributed by atoms with Gasteiger partial charge in [-0.1, -0.05) is 182 Å². The third kappa shape index (κ3) is 8.69. The van der Waals surface area contributed by atoms with Gasteiger partial charge in [0.05, 0.1) is 44.5 Å². The molecular formula is C94H55N5O3. The van der Waals surface area contributed by atoms with E-state index in [0.717, 1.165) is 177 Å². The van der Waals surface area contributed by atoms with Gasteiger partial charge in [0.15, 0.2) is 5.82 Å². The van der Waals surface area contributed by atoms with Gasteiger partial charge in [-0.05, 0) is 185 Å². The van der Waals surface area contributed by atoms with Crippen molar-refractivity contribution in [3.05, 3.63) is 334 Å². The fourth-order valence-electron chi connectivity index (χ4n) is 16.3. The van der Waals surface area contributed by atoms with E-state index in [0.29, 0.717) is 5.82 Å². The van der Waals surface area contributed by atoms with Crippen molar-refractivity contribution in [2.75, 3.05) is 0 Å². The van der Waals surface area contributed by atoms with Crippen molar-refractivity contribution in [3.63, 3.8) is 0 Å². The molecule has 474 valence electrons. The Morgan fingerprint density at radius 1 is 0.176 bits per heavy atom. The molecule has 0 bridgehead atoms. The molecule has 0 aliphatic heterocycles. The van der Waals surface area contributed by atoms with Gasteiger partial charge < -0.3 is 27.0 Å². The van der Waals surface area contributed by atoms with E-state index >= 15 is 0 Å². The summed E-state index contributed by atoms with van der Waals surface area (Å²) in [5.41, 5.74) is 26.4. The van der Waals surface area contributed by atoms with Crippen LogP contribution in [0.5, 0.6) is 0 Å². The first kappa shape index (κ1) is 56.2. The summed E-state index contributed by atoms with van der Waals surface area (Å²) in [4.78, 5) is 11.1. The summed E-state index contributed by atoms with van der Waals surface area (Å²) >= 11 is 0. The Morgan fingerprint density at radius 2 is 0.480 bits per heavy atom. The second-order valence-corrected chi connectivity index (χ2v) is 26.8. The summed E-state index contributed by atoms with van der Waals surface area (Å²) in [6.45, 7) is 0. The zero-order valence-electron chi connectivity index (χ0n) is 54.7. The Kier molecular flexibility index (Phi) is 12.0. The van der Waals surface area contributed by atoms with Crippen LogP contribution in [0.1, 0.15) is 0 Å². The average Bonchev–Trinajstić information content (AvgIpc) is 1.57. The predicted octanol–water partition coefficient (Wildman–Crippen LogP) is 25.5. The summed E-state index contributed by atoms with van der Waals surface area (Å²) in [5, 5.41) is 13.8. The first-order valence-electron chi connectivity index (χ1n) is 34.6. The van der Waals surface area contributed by atoms with Gasteiger partial charge in [0, 0.05) is 98.4 Å². The van der Waals surface area contributed by atoms with Crippen molar-refractivity contribution < 1.29 is 13.3 Å². The van der Waals surface area contributed by atoms with E-state index in [1.54, 1.807) is 0 Å². The minimum absolute atomic E-state index is 0.619. The van der Waals surface area contributed by atoms with Crippen LogP contribution >= 0.6 is 0 Å². The van der Waals surface area contributed by atoms with Gasteiger partial charge in [0.25, 0.3) is 0 Å². The average molecular weight is 1300 g/mol. The normalized spacial score (nSPS) is 12.1. The molecule has 102 heavy (non-hydrogen) atoms. The summed E-state index contributed by atoms with van der Waals surface area (Å²) in [7, 11) is 0. The fraction of sp³-hybridized carbons (Fsp3) is 0. The second-order valence-electron chi connectivity index (χ2n) is 26.8. The van der Waals surface area contributed by atoms with E-state index in [2.05, 4.69) is 311 Å². The van der Waals surface area contributed by atoms with Gasteiger partial charge >= 0.3 is 0 Å². The predicted molar refractivity (Wildman–Crippen MR) is 419 cm³/mol. The zero-order valence-corrected chi connectivity index (χ0v) is 54.7. The zero-order chi connectivity index (χ0) is 66.7. The number of fused-ring (bicyclic) bond motifs is 18. The summed E-state index contributed by atoms with van der Waals surface area (Å²) in [6, 6.07) is 120. The van der Waals surface area contributed by atoms with Crippen molar-refractivity contribution in [2.45, 2.75) is 0 Å². The summed E-state index contributed by atoms with van der Waals surface area (Å²) in [5.74, 6) is 0.619. The van der Waals surface area contributed by atoms with Crippen LogP contribution in [0.3, 0.4) is 0 Å². The number of aromatic nitrogens is 5. The molecular weight excluding hydrogens is 1250 g/mol. The number of nitrogens with zero attached hydrogens (tertiary/aromatic N) is 5. The highest BCUT2D eigenvalue weighted by Crippen LogP contribution is 2.43. The van der Waals surface area contributed by atoms with Crippen molar-refractivity contribution in [3.8, 4) is 84.3 Å². The Hall–Kier alpha value is -13.8. The van der Waals surface area contributed by atoms with Gasteiger partial charge in [-0.15, -0.1) is 0 Å². The highest BCUT2D eigenvalue weighted by Gasteiger charge is 2.22. The van der Waals surface area contributed by atoms with E-state index in [9.17, 15) is 0 Å². The smallest absolute Gasteiger partial charge is 0.160 e. The number of rotatable bonds is 9. The second kappa shape index (κ2) is 21.8. The maximum Gasteiger partial charge on any atom is 0.160 e.